The molecule has 2 N–H and O–H groups in total. The van der Waals surface area contributed by atoms with Gasteiger partial charge in [0.15, 0.2) is 0 Å². The minimum Gasteiger partial charge on any atom is -0.369 e. The largest absolute Gasteiger partial charge is 0.369 e. The molecule has 1 amide bonds. The van der Waals surface area contributed by atoms with E-state index in [4.69, 9.17) is 11.6 Å². The third-order valence-electron chi connectivity index (χ3n) is 5.14. The Balaban J connectivity index is 1.43. The molecule has 0 aliphatic carbocycles. The molecule has 0 spiro atoms. The van der Waals surface area contributed by atoms with Crippen LogP contribution >= 0.6 is 22.9 Å². The zero-order chi connectivity index (χ0) is 21.8. The maximum Gasteiger partial charge on any atom is 0.224 e. The zero-order valence-corrected chi connectivity index (χ0v) is 19.0. The summed E-state index contributed by atoms with van der Waals surface area (Å²) >= 11 is 7.80. The summed E-state index contributed by atoms with van der Waals surface area (Å²) in [6, 6.07) is 15.8. The van der Waals surface area contributed by atoms with Crippen molar-refractivity contribution < 1.29 is 4.79 Å². The Labute approximate surface area is 190 Å². The lowest BCUT2D eigenvalue weighted by atomic mass is 10.0. The molecule has 2 aromatic heterocycles. The fourth-order valence-corrected chi connectivity index (χ4v) is 4.73. The van der Waals surface area contributed by atoms with Crippen LogP contribution in [-0.4, -0.2) is 22.4 Å². The Morgan fingerprint density at radius 2 is 1.87 bits per heavy atom. The third-order valence-corrected chi connectivity index (χ3v) is 6.56. The predicted octanol–water partition coefficient (Wildman–Crippen LogP) is 6.46. The summed E-state index contributed by atoms with van der Waals surface area (Å²) in [7, 11) is 0. The van der Waals surface area contributed by atoms with Crippen LogP contribution in [-0.2, 0) is 4.79 Å². The minimum atomic E-state index is -0.0312. The first-order valence-electron chi connectivity index (χ1n) is 10.1. The normalized spacial score (nSPS) is 10.9. The van der Waals surface area contributed by atoms with Gasteiger partial charge in [0.05, 0.1) is 5.39 Å². The van der Waals surface area contributed by atoms with Gasteiger partial charge in [0.25, 0.3) is 0 Å². The highest BCUT2D eigenvalue weighted by Crippen LogP contribution is 2.40. The van der Waals surface area contributed by atoms with Crippen LogP contribution in [0.5, 0.6) is 0 Å². The van der Waals surface area contributed by atoms with Crippen molar-refractivity contribution in [1.82, 2.24) is 9.97 Å². The number of amides is 1. The van der Waals surface area contributed by atoms with E-state index in [1.54, 1.807) is 17.7 Å². The number of carbonyl (C=O) groups excluding carboxylic acids is 1. The average molecular weight is 451 g/mol. The number of fused-ring (bicyclic) bond motifs is 1. The van der Waals surface area contributed by atoms with Gasteiger partial charge in [-0.05, 0) is 43.5 Å². The summed E-state index contributed by atoms with van der Waals surface area (Å²) in [6.45, 7) is 4.64. The van der Waals surface area contributed by atoms with Gasteiger partial charge in [-0.3, -0.25) is 4.79 Å². The zero-order valence-electron chi connectivity index (χ0n) is 17.4. The van der Waals surface area contributed by atoms with Crippen LogP contribution in [0.3, 0.4) is 0 Å². The third kappa shape index (κ3) is 4.70. The SMILES string of the molecule is Cc1sc2ncnc(NCCCC(=O)Nc3cccc(Cl)c3C)c2c1-c1ccccc1. The molecule has 0 aliphatic rings. The molecule has 0 bridgehead atoms. The second-order valence-electron chi connectivity index (χ2n) is 7.29. The van der Waals surface area contributed by atoms with Crippen molar-refractivity contribution in [2.45, 2.75) is 26.7 Å². The van der Waals surface area contributed by atoms with Gasteiger partial charge < -0.3 is 10.6 Å². The van der Waals surface area contributed by atoms with Gasteiger partial charge in [0.1, 0.15) is 17.0 Å². The van der Waals surface area contributed by atoms with E-state index in [1.165, 1.54) is 4.88 Å². The van der Waals surface area contributed by atoms with Crippen molar-refractivity contribution in [2.24, 2.45) is 0 Å². The molecule has 4 aromatic rings. The quantitative estimate of drug-likeness (QED) is 0.317. The van der Waals surface area contributed by atoms with E-state index in [2.05, 4.69) is 39.7 Å². The van der Waals surface area contributed by atoms with E-state index in [0.29, 0.717) is 24.4 Å². The Kier molecular flexibility index (Phi) is 6.49. The van der Waals surface area contributed by atoms with Crippen molar-refractivity contribution in [3.63, 3.8) is 0 Å². The van der Waals surface area contributed by atoms with Gasteiger partial charge in [0, 0.05) is 34.1 Å². The van der Waals surface area contributed by atoms with Crippen molar-refractivity contribution >= 4 is 50.6 Å². The summed E-state index contributed by atoms with van der Waals surface area (Å²) in [4.78, 5) is 23.4. The van der Waals surface area contributed by atoms with Gasteiger partial charge in [-0.15, -0.1) is 11.3 Å². The number of aryl methyl sites for hydroxylation is 1. The van der Waals surface area contributed by atoms with Gasteiger partial charge in [-0.1, -0.05) is 48.0 Å². The van der Waals surface area contributed by atoms with E-state index >= 15 is 0 Å². The summed E-state index contributed by atoms with van der Waals surface area (Å²) in [6.07, 6.45) is 2.67. The molecule has 158 valence electrons. The highest BCUT2D eigenvalue weighted by molar-refractivity contribution is 7.19. The fraction of sp³-hybridized carbons (Fsp3) is 0.208. The Hall–Kier alpha value is -2.96. The van der Waals surface area contributed by atoms with Crippen molar-refractivity contribution in [3.05, 3.63) is 70.3 Å². The summed E-state index contributed by atoms with van der Waals surface area (Å²) in [5.41, 5.74) is 3.95. The maximum absolute atomic E-state index is 12.3. The monoisotopic (exact) mass is 450 g/mol. The van der Waals surface area contributed by atoms with Crippen LogP contribution in [0.2, 0.25) is 5.02 Å². The van der Waals surface area contributed by atoms with E-state index in [-0.39, 0.29) is 5.91 Å². The number of thiophene rings is 1. The lowest BCUT2D eigenvalue weighted by molar-refractivity contribution is -0.116. The highest BCUT2D eigenvalue weighted by Gasteiger charge is 2.16. The average Bonchev–Trinajstić information content (AvgIpc) is 3.11. The first-order valence-corrected chi connectivity index (χ1v) is 11.3. The van der Waals surface area contributed by atoms with Crippen LogP contribution in [0, 0.1) is 13.8 Å². The van der Waals surface area contributed by atoms with Crippen LogP contribution in [0.1, 0.15) is 23.3 Å². The molecule has 2 aromatic carbocycles. The van der Waals surface area contributed by atoms with E-state index in [0.717, 1.165) is 38.4 Å². The van der Waals surface area contributed by atoms with Crippen LogP contribution < -0.4 is 10.6 Å². The molecule has 31 heavy (non-hydrogen) atoms. The van der Waals surface area contributed by atoms with E-state index in [1.807, 2.05) is 43.3 Å². The number of nitrogens with one attached hydrogen (secondary N) is 2. The fourth-order valence-electron chi connectivity index (χ4n) is 3.54. The first kappa shape index (κ1) is 21.3. The van der Waals surface area contributed by atoms with Gasteiger partial charge in [0.2, 0.25) is 5.91 Å². The second kappa shape index (κ2) is 9.45. The Morgan fingerprint density at radius 1 is 1.06 bits per heavy atom. The molecular weight excluding hydrogens is 428 g/mol. The number of carbonyl (C=O) groups is 1. The second-order valence-corrected chi connectivity index (χ2v) is 8.90. The van der Waals surface area contributed by atoms with Gasteiger partial charge in [-0.2, -0.15) is 0 Å². The van der Waals surface area contributed by atoms with Crippen molar-refractivity contribution in [2.75, 3.05) is 17.2 Å². The van der Waals surface area contributed by atoms with E-state index in [9.17, 15) is 4.79 Å². The Bertz CT molecular complexity index is 1220. The lowest BCUT2D eigenvalue weighted by Gasteiger charge is -2.11. The van der Waals surface area contributed by atoms with E-state index < -0.39 is 0 Å². The molecule has 0 aliphatic heterocycles. The number of hydrogen-bond acceptors (Lipinski definition) is 5. The topological polar surface area (TPSA) is 66.9 Å². The molecule has 0 saturated carbocycles. The number of halogens is 1. The summed E-state index contributed by atoms with van der Waals surface area (Å²) in [5.74, 6) is 0.774. The number of aromatic nitrogens is 2. The highest BCUT2D eigenvalue weighted by atomic mass is 35.5. The first-order chi connectivity index (χ1) is 15.0. The van der Waals surface area contributed by atoms with Gasteiger partial charge >= 0.3 is 0 Å². The van der Waals surface area contributed by atoms with Crippen molar-refractivity contribution in [1.29, 1.82) is 0 Å². The van der Waals surface area contributed by atoms with Crippen LogP contribution in [0.25, 0.3) is 21.3 Å². The standard InChI is InChI=1S/C24H23ClN4OS/c1-15-18(25)10-6-11-19(15)29-20(30)12-7-13-26-23-22-21(17-8-4-3-5-9-17)16(2)31-24(22)28-14-27-23/h3-6,8-11,14H,7,12-13H2,1-2H3,(H,29,30)(H,26,27,28). The number of benzene rings is 2. The summed E-state index contributed by atoms with van der Waals surface area (Å²) in [5, 5.41) is 8.03. The van der Waals surface area contributed by atoms with Crippen molar-refractivity contribution in [3.8, 4) is 11.1 Å². The number of anilines is 2. The number of rotatable bonds is 7. The van der Waals surface area contributed by atoms with Gasteiger partial charge in [-0.25, -0.2) is 9.97 Å². The predicted molar refractivity (Wildman–Crippen MR) is 130 cm³/mol. The molecule has 0 atom stereocenters. The van der Waals surface area contributed by atoms with Crippen LogP contribution in [0.4, 0.5) is 11.5 Å². The molecule has 0 fully saturated rings. The number of nitrogens with zero attached hydrogens (tertiary/aromatic N) is 2. The molecule has 2 heterocycles. The Morgan fingerprint density at radius 3 is 2.68 bits per heavy atom. The maximum atomic E-state index is 12.3. The molecular formula is C24H23ClN4OS. The molecule has 4 rings (SSSR count). The summed E-state index contributed by atoms with van der Waals surface area (Å²) < 4.78 is 0. The molecule has 0 saturated heterocycles. The molecule has 5 nitrogen and oxygen atoms in total. The minimum absolute atomic E-state index is 0.0312. The molecule has 0 unspecified atom stereocenters. The lowest BCUT2D eigenvalue weighted by Crippen LogP contribution is -2.14. The molecule has 0 radical (unpaired) electrons. The smallest absolute Gasteiger partial charge is 0.224 e. The molecule has 7 heteroatoms. The van der Waals surface area contributed by atoms with Crippen LogP contribution in [0.15, 0.2) is 54.9 Å². The number of hydrogen-bond donors (Lipinski definition) is 2.